The SMILES string of the molecule is CC(C)(C)C(=N)NC(=O)C(C)(C)S(=O)(=O)c1ccc(C(F)(F)F)cc1. The number of benzene rings is 1. The van der Waals surface area contributed by atoms with Crippen molar-refractivity contribution < 1.29 is 26.4 Å². The molecule has 0 fully saturated rings. The molecule has 140 valence electrons. The van der Waals surface area contributed by atoms with Crippen molar-refractivity contribution in [3.05, 3.63) is 29.8 Å². The van der Waals surface area contributed by atoms with Gasteiger partial charge in [-0.3, -0.25) is 10.2 Å². The molecule has 25 heavy (non-hydrogen) atoms. The first kappa shape index (κ1) is 21.1. The quantitative estimate of drug-likeness (QED) is 0.624. The van der Waals surface area contributed by atoms with Gasteiger partial charge in [-0.05, 0) is 38.1 Å². The van der Waals surface area contributed by atoms with Crippen LogP contribution in [0.15, 0.2) is 29.2 Å². The van der Waals surface area contributed by atoms with Crippen molar-refractivity contribution in [2.24, 2.45) is 5.41 Å². The van der Waals surface area contributed by atoms with Crippen LogP contribution in [-0.2, 0) is 20.8 Å². The Bertz CT molecular complexity index is 774. The molecule has 0 saturated heterocycles. The maximum absolute atomic E-state index is 12.7. The molecule has 0 aliphatic carbocycles. The lowest BCUT2D eigenvalue weighted by atomic mass is 9.94. The summed E-state index contributed by atoms with van der Waals surface area (Å²) in [6.07, 6.45) is -4.59. The number of rotatable bonds is 3. The number of hydrogen-bond donors (Lipinski definition) is 2. The van der Waals surface area contributed by atoms with E-state index in [1.807, 2.05) is 0 Å². The third-order valence-electron chi connectivity index (χ3n) is 3.70. The molecular weight excluding hydrogens is 357 g/mol. The molecule has 0 aliphatic rings. The topological polar surface area (TPSA) is 87.1 Å². The van der Waals surface area contributed by atoms with Gasteiger partial charge in [-0.15, -0.1) is 0 Å². The molecular formula is C16H21F3N2O3S. The van der Waals surface area contributed by atoms with Crippen LogP contribution >= 0.6 is 0 Å². The first-order chi connectivity index (χ1) is 11.0. The zero-order chi connectivity index (χ0) is 19.8. The van der Waals surface area contributed by atoms with Crippen LogP contribution in [0.3, 0.4) is 0 Å². The lowest BCUT2D eigenvalue weighted by molar-refractivity contribution is -0.137. The Kier molecular flexibility index (Phi) is 5.44. The van der Waals surface area contributed by atoms with Gasteiger partial charge in [0.25, 0.3) is 0 Å². The molecule has 0 heterocycles. The Labute approximate surface area is 145 Å². The molecule has 0 atom stereocenters. The molecule has 1 aromatic rings. The zero-order valence-electron chi connectivity index (χ0n) is 14.6. The van der Waals surface area contributed by atoms with Crippen molar-refractivity contribution in [3.8, 4) is 0 Å². The van der Waals surface area contributed by atoms with Gasteiger partial charge in [-0.25, -0.2) is 8.42 Å². The maximum atomic E-state index is 12.7. The van der Waals surface area contributed by atoms with Gasteiger partial charge in [0.1, 0.15) is 10.6 Å². The lowest BCUT2D eigenvalue weighted by Crippen LogP contribution is -2.51. The molecule has 0 aliphatic heterocycles. The number of carbonyl (C=O) groups is 1. The lowest BCUT2D eigenvalue weighted by Gasteiger charge is -2.27. The molecule has 0 saturated carbocycles. The third-order valence-corrected chi connectivity index (χ3v) is 6.12. The smallest absolute Gasteiger partial charge is 0.313 e. The number of halogens is 3. The van der Waals surface area contributed by atoms with Crippen molar-refractivity contribution in [1.29, 1.82) is 5.41 Å². The summed E-state index contributed by atoms with van der Waals surface area (Å²) in [5.41, 5.74) is -1.67. The summed E-state index contributed by atoms with van der Waals surface area (Å²) in [5, 5.41) is 10.1. The number of sulfone groups is 1. The van der Waals surface area contributed by atoms with Gasteiger partial charge < -0.3 is 5.32 Å². The average Bonchev–Trinajstić information content (AvgIpc) is 2.45. The number of amides is 1. The number of alkyl halides is 3. The van der Waals surface area contributed by atoms with Crippen LogP contribution in [0.4, 0.5) is 13.2 Å². The Hall–Kier alpha value is -1.90. The second-order valence-electron chi connectivity index (χ2n) is 7.12. The number of amidine groups is 1. The van der Waals surface area contributed by atoms with Gasteiger partial charge in [-0.1, -0.05) is 20.8 Å². The predicted octanol–water partition coefficient (Wildman–Crippen LogP) is 3.40. The molecule has 0 unspecified atom stereocenters. The van der Waals surface area contributed by atoms with Crippen LogP contribution in [0.25, 0.3) is 0 Å². The number of hydrogen-bond acceptors (Lipinski definition) is 4. The summed E-state index contributed by atoms with van der Waals surface area (Å²) >= 11 is 0. The van der Waals surface area contributed by atoms with Gasteiger partial charge in [0.15, 0.2) is 9.84 Å². The summed E-state index contributed by atoms with van der Waals surface area (Å²) < 4.78 is 61.2. The number of nitrogens with one attached hydrogen (secondary N) is 2. The third kappa shape index (κ3) is 4.39. The Morgan fingerprint density at radius 1 is 1.00 bits per heavy atom. The van der Waals surface area contributed by atoms with E-state index in [0.29, 0.717) is 12.1 Å². The molecule has 2 N–H and O–H groups in total. The van der Waals surface area contributed by atoms with E-state index in [1.165, 1.54) is 0 Å². The van der Waals surface area contributed by atoms with E-state index >= 15 is 0 Å². The van der Waals surface area contributed by atoms with Gasteiger partial charge in [0.2, 0.25) is 5.91 Å². The van der Waals surface area contributed by atoms with E-state index in [1.54, 1.807) is 20.8 Å². The standard InChI is InChI=1S/C16H21F3N2O3S/c1-14(2,3)12(20)21-13(22)15(4,5)25(23,24)11-8-6-10(7-9-11)16(17,18)19/h6-9H,1-5H3,(H2,20,21,22). The van der Waals surface area contributed by atoms with Crippen molar-refractivity contribution in [3.63, 3.8) is 0 Å². The normalized spacial score (nSPS) is 13.4. The van der Waals surface area contributed by atoms with Gasteiger partial charge in [-0.2, -0.15) is 13.2 Å². The molecule has 9 heteroatoms. The summed E-state index contributed by atoms with van der Waals surface area (Å²) in [5.74, 6) is -1.08. The van der Waals surface area contributed by atoms with Crippen LogP contribution in [0.5, 0.6) is 0 Å². The summed E-state index contributed by atoms with van der Waals surface area (Å²) in [7, 11) is -4.27. The average molecular weight is 378 g/mol. The van der Waals surface area contributed by atoms with Crippen molar-refractivity contribution >= 4 is 21.6 Å². The molecule has 0 radical (unpaired) electrons. The van der Waals surface area contributed by atoms with Crippen LogP contribution in [-0.4, -0.2) is 24.9 Å². The van der Waals surface area contributed by atoms with E-state index in [-0.39, 0.29) is 5.84 Å². The fraction of sp³-hybridized carbons (Fsp3) is 0.500. The molecule has 5 nitrogen and oxygen atoms in total. The van der Waals surface area contributed by atoms with Crippen molar-refractivity contribution in [1.82, 2.24) is 5.32 Å². The van der Waals surface area contributed by atoms with Crippen molar-refractivity contribution in [2.75, 3.05) is 0 Å². The first-order valence-electron chi connectivity index (χ1n) is 7.33. The van der Waals surface area contributed by atoms with E-state index in [0.717, 1.165) is 26.0 Å². The summed E-state index contributed by atoms with van der Waals surface area (Å²) in [4.78, 5) is 12.0. The highest BCUT2D eigenvalue weighted by atomic mass is 32.2. The van der Waals surface area contributed by atoms with Gasteiger partial charge >= 0.3 is 6.18 Å². The minimum atomic E-state index is -4.59. The molecule has 0 bridgehead atoms. The second-order valence-corrected chi connectivity index (χ2v) is 9.61. The highest BCUT2D eigenvalue weighted by Crippen LogP contribution is 2.32. The maximum Gasteiger partial charge on any atom is 0.416 e. The minimum absolute atomic E-state index is 0.159. The molecule has 1 aromatic carbocycles. The highest BCUT2D eigenvalue weighted by Gasteiger charge is 2.44. The largest absolute Gasteiger partial charge is 0.416 e. The number of carbonyl (C=O) groups excluding carboxylic acids is 1. The molecule has 0 spiro atoms. The summed E-state index contributed by atoms with van der Waals surface area (Å²) in [6, 6.07) is 2.95. The molecule has 1 amide bonds. The van der Waals surface area contributed by atoms with Crippen LogP contribution in [0, 0.1) is 10.8 Å². The first-order valence-corrected chi connectivity index (χ1v) is 8.82. The summed E-state index contributed by atoms with van der Waals surface area (Å²) in [6.45, 7) is 7.31. The van der Waals surface area contributed by atoms with Crippen LogP contribution < -0.4 is 5.32 Å². The van der Waals surface area contributed by atoms with E-state index in [2.05, 4.69) is 5.32 Å². The van der Waals surface area contributed by atoms with Gasteiger partial charge in [0, 0.05) is 5.41 Å². The van der Waals surface area contributed by atoms with E-state index < -0.39 is 42.5 Å². The minimum Gasteiger partial charge on any atom is -0.313 e. The monoisotopic (exact) mass is 378 g/mol. The second kappa shape index (κ2) is 6.44. The highest BCUT2D eigenvalue weighted by molar-refractivity contribution is 7.93. The zero-order valence-corrected chi connectivity index (χ0v) is 15.4. The van der Waals surface area contributed by atoms with Gasteiger partial charge in [0.05, 0.1) is 10.5 Å². The molecule has 0 aromatic heterocycles. The van der Waals surface area contributed by atoms with Crippen molar-refractivity contribution in [2.45, 2.75) is 50.4 Å². The molecule has 1 rings (SSSR count). The fourth-order valence-corrected chi connectivity index (χ4v) is 3.07. The van der Waals surface area contributed by atoms with E-state index in [9.17, 15) is 26.4 Å². The predicted molar refractivity (Wildman–Crippen MR) is 88.0 cm³/mol. The Morgan fingerprint density at radius 3 is 1.80 bits per heavy atom. The van der Waals surface area contributed by atoms with Crippen LogP contribution in [0.1, 0.15) is 40.2 Å². The van der Waals surface area contributed by atoms with Crippen LogP contribution in [0.2, 0.25) is 0 Å². The Morgan fingerprint density at radius 2 is 1.44 bits per heavy atom. The fourth-order valence-electron chi connectivity index (χ4n) is 1.69. The van der Waals surface area contributed by atoms with E-state index in [4.69, 9.17) is 5.41 Å². The Balaban J connectivity index is 3.18.